The minimum absolute atomic E-state index is 0.0878. The first kappa shape index (κ1) is 18.7. The number of nitrogens with zero attached hydrogens (tertiary/aromatic N) is 1. The van der Waals surface area contributed by atoms with Crippen LogP contribution < -0.4 is 10.1 Å². The van der Waals surface area contributed by atoms with Crippen LogP contribution in [-0.4, -0.2) is 17.5 Å². The monoisotopic (exact) mass is 412 g/mol. The highest BCUT2D eigenvalue weighted by Crippen LogP contribution is 2.37. The number of hydrogen-bond donors (Lipinski definition) is 1. The minimum atomic E-state index is -0.568. The first-order valence-corrected chi connectivity index (χ1v) is 8.61. The van der Waals surface area contributed by atoms with Gasteiger partial charge in [-0.05, 0) is 43.3 Å². The normalized spacial score (nSPS) is 10.8. The number of fused-ring (bicyclic) bond motifs is 1. The van der Waals surface area contributed by atoms with E-state index in [0.717, 1.165) is 11.8 Å². The Labute approximate surface area is 163 Å². The lowest BCUT2D eigenvalue weighted by Gasteiger charge is -2.12. The van der Waals surface area contributed by atoms with E-state index < -0.39 is 11.7 Å². The highest BCUT2D eigenvalue weighted by atomic mass is 35.5. The van der Waals surface area contributed by atoms with Crippen molar-refractivity contribution in [2.24, 2.45) is 0 Å². The summed E-state index contributed by atoms with van der Waals surface area (Å²) >= 11 is 18.1. The molecule has 1 amide bonds. The third kappa shape index (κ3) is 4.01. The molecule has 1 heterocycles. The highest BCUT2D eigenvalue weighted by molar-refractivity contribution is 6.39. The summed E-state index contributed by atoms with van der Waals surface area (Å²) in [5.74, 6) is -0.761. The second kappa shape index (κ2) is 7.66. The lowest BCUT2D eigenvalue weighted by atomic mass is 10.2. The number of carbonyl (C=O) groups is 1. The number of amides is 1. The zero-order chi connectivity index (χ0) is 18.8. The number of anilines is 1. The van der Waals surface area contributed by atoms with Gasteiger partial charge in [0.05, 0.1) is 15.1 Å². The van der Waals surface area contributed by atoms with E-state index in [2.05, 4.69) is 10.3 Å². The Morgan fingerprint density at radius 3 is 2.62 bits per heavy atom. The lowest BCUT2D eigenvalue weighted by molar-refractivity contribution is -0.118. The third-order valence-corrected chi connectivity index (χ3v) is 4.41. The molecule has 0 aliphatic rings. The van der Waals surface area contributed by atoms with Crippen LogP contribution in [0.25, 0.3) is 10.9 Å². The largest absolute Gasteiger partial charge is 0.480 e. The molecule has 0 bridgehead atoms. The molecule has 8 heteroatoms. The Morgan fingerprint density at radius 1 is 1.12 bits per heavy atom. The van der Waals surface area contributed by atoms with E-state index in [9.17, 15) is 9.18 Å². The predicted molar refractivity (Wildman–Crippen MR) is 102 cm³/mol. The van der Waals surface area contributed by atoms with Gasteiger partial charge in [0, 0.05) is 16.8 Å². The summed E-state index contributed by atoms with van der Waals surface area (Å²) < 4.78 is 18.7. The molecule has 0 aliphatic carbocycles. The maximum atomic E-state index is 13.2. The average molecular weight is 414 g/mol. The summed E-state index contributed by atoms with van der Waals surface area (Å²) in [7, 11) is 0. The van der Waals surface area contributed by atoms with Crippen LogP contribution in [0.5, 0.6) is 5.75 Å². The number of carbonyl (C=O) groups excluding carboxylic acids is 1. The molecule has 134 valence electrons. The number of hydrogen-bond acceptors (Lipinski definition) is 3. The maximum Gasteiger partial charge on any atom is 0.262 e. The SMILES string of the molecule is Cc1ccc2c(Cl)cc(Cl)c(OCC(=O)Nc3ccc(F)c(Cl)c3)c2n1. The Morgan fingerprint density at radius 2 is 1.88 bits per heavy atom. The molecule has 0 radical (unpaired) electrons. The molecule has 0 atom stereocenters. The Balaban J connectivity index is 1.80. The summed E-state index contributed by atoms with van der Waals surface area (Å²) in [6.45, 7) is 1.50. The Kier molecular flexibility index (Phi) is 5.51. The Bertz CT molecular complexity index is 1010. The molecular formula is C18H12Cl3FN2O2. The van der Waals surface area contributed by atoms with Crippen LogP contribution in [0.3, 0.4) is 0 Å². The second-order valence-corrected chi connectivity index (χ2v) is 6.71. The van der Waals surface area contributed by atoms with Crippen molar-refractivity contribution in [3.8, 4) is 5.75 Å². The van der Waals surface area contributed by atoms with Crippen LogP contribution >= 0.6 is 34.8 Å². The van der Waals surface area contributed by atoms with E-state index in [4.69, 9.17) is 39.5 Å². The van der Waals surface area contributed by atoms with Gasteiger partial charge in [0.2, 0.25) is 0 Å². The first-order chi connectivity index (χ1) is 12.3. The highest BCUT2D eigenvalue weighted by Gasteiger charge is 2.15. The van der Waals surface area contributed by atoms with Gasteiger partial charge >= 0.3 is 0 Å². The lowest BCUT2D eigenvalue weighted by Crippen LogP contribution is -2.20. The maximum absolute atomic E-state index is 13.2. The number of aryl methyl sites for hydroxylation is 1. The van der Waals surface area contributed by atoms with Gasteiger partial charge in [-0.3, -0.25) is 4.79 Å². The number of aromatic nitrogens is 1. The second-order valence-electron chi connectivity index (χ2n) is 5.48. The average Bonchev–Trinajstić information content (AvgIpc) is 2.57. The minimum Gasteiger partial charge on any atom is -0.480 e. The smallest absolute Gasteiger partial charge is 0.262 e. The molecule has 4 nitrogen and oxygen atoms in total. The van der Waals surface area contributed by atoms with Crippen LogP contribution in [0.4, 0.5) is 10.1 Å². The van der Waals surface area contributed by atoms with Crippen LogP contribution in [0, 0.1) is 12.7 Å². The van der Waals surface area contributed by atoms with Crippen LogP contribution in [0.15, 0.2) is 36.4 Å². The zero-order valence-electron chi connectivity index (χ0n) is 13.4. The van der Waals surface area contributed by atoms with E-state index in [-0.39, 0.29) is 22.4 Å². The molecule has 1 N–H and O–H groups in total. The molecule has 0 spiro atoms. The van der Waals surface area contributed by atoms with Gasteiger partial charge in [-0.15, -0.1) is 0 Å². The van der Waals surface area contributed by atoms with E-state index in [0.29, 0.717) is 21.6 Å². The van der Waals surface area contributed by atoms with Crippen molar-refractivity contribution in [1.82, 2.24) is 4.98 Å². The van der Waals surface area contributed by atoms with Gasteiger partial charge in [0.25, 0.3) is 5.91 Å². The summed E-state index contributed by atoms with van der Waals surface area (Å²) in [5.41, 5.74) is 1.58. The predicted octanol–water partition coefficient (Wildman–Crippen LogP) is 5.66. The topological polar surface area (TPSA) is 51.2 Å². The van der Waals surface area contributed by atoms with E-state index in [1.165, 1.54) is 18.2 Å². The molecule has 26 heavy (non-hydrogen) atoms. The summed E-state index contributed by atoms with van der Waals surface area (Å²) in [4.78, 5) is 16.5. The van der Waals surface area contributed by atoms with E-state index >= 15 is 0 Å². The fourth-order valence-corrected chi connectivity index (χ4v) is 3.09. The number of halogens is 4. The molecule has 3 rings (SSSR count). The molecule has 3 aromatic rings. The molecule has 0 saturated carbocycles. The quantitative estimate of drug-likeness (QED) is 0.600. The van der Waals surface area contributed by atoms with Gasteiger partial charge in [-0.2, -0.15) is 0 Å². The van der Waals surface area contributed by atoms with Crippen molar-refractivity contribution in [2.75, 3.05) is 11.9 Å². The van der Waals surface area contributed by atoms with E-state index in [1.54, 1.807) is 0 Å². The number of nitrogens with one attached hydrogen (secondary N) is 1. The van der Waals surface area contributed by atoms with Gasteiger partial charge in [0.15, 0.2) is 12.4 Å². The van der Waals surface area contributed by atoms with Gasteiger partial charge in [-0.25, -0.2) is 9.37 Å². The number of rotatable bonds is 4. The Hall–Kier alpha value is -2.08. The fourth-order valence-electron chi connectivity index (χ4n) is 2.34. The van der Waals surface area contributed by atoms with Crippen molar-refractivity contribution < 1.29 is 13.9 Å². The summed E-state index contributed by atoms with van der Waals surface area (Å²) in [6.07, 6.45) is 0. The van der Waals surface area contributed by atoms with Crippen molar-refractivity contribution in [3.63, 3.8) is 0 Å². The number of benzene rings is 2. The van der Waals surface area contributed by atoms with Gasteiger partial charge < -0.3 is 10.1 Å². The van der Waals surface area contributed by atoms with Crippen molar-refractivity contribution in [2.45, 2.75) is 6.92 Å². The fraction of sp³-hybridized carbons (Fsp3) is 0.111. The zero-order valence-corrected chi connectivity index (χ0v) is 15.7. The number of ether oxygens (including phenoxy) is 1. The van der Waals surface area contributed by atoms with Crippen molar-refractivity contribution in [3.05, 3.63) is 63.0 Å². The van der Waals surface area contributed by atoms with Crippen molar-refractivity contribution in [1.29, 1.82) is 0 Å². The number of pyridine rings is 1. The molecule has 0 aliphatic heterocycles. The molecule has 0 fully saturated rings. The summed E-state index contributed by atoms with van der Waals surface area (Å²) in [6, 6.07) is 9.03. The molecular weight excluding hydrogens is 402 g/mol. The summed E-state index contributed by atoms with van der Waals surface area (Å²) in [5, 5.41) is 3.84. The van der Waals surface area contributed by atoms with Crippen LogP contribution in [0.1, 0.15) is 5.69 Å². The molecule has 1 aromatic heterocycles. The van der Waals surface area contributed by atoms with E-state index in [1.807, 2.05) is 19.1 Å². The standard InChI is InChI=1S/C18H12Cl3FN2O2/c1-9-2-4-11-12(19)7-14(21)18(17(11)23-9)26-8-16(25)24-10-3-5-15(22)13(20)6-10/h2-7H,8H2,1H3,(H,24,25). The van der Waals surface area contributed by atoms with Crippen molar-refractivity contribution >= 4 is 57.3 Å². The van der Waals surface area contributed by atoms with Gasteiger partial charge in [-0.1, -0.05) is 34.8 Å². The van der Waals surface area contributed by atoms with Crippen LogP contribution in [0.2, 0.25) is 15.1 Å². The molecule has 0 unspecified atom stereocenters. The molecule has 0 saturated heterocycles. The first-order valence-electron chi connectivity index (χ1n) is 7.48. The third-order valence-electron chi connectivity index (χ3n) is 3.53. The van der Waals surface area contributed by atoms with Crippen LogP contribution in [-0.2, 0) is 4.79 Å². The molecule has 2 aromatic carbocycles. The van der Waals surface area contributed by atoms with Gasteiger partial charge in [0.1, 0.15) is 11.3 Å².